The van der Waals surface area contributed by atoms with Gasteiger partial charge in [0.15, 0.2) is 0 Å². The minimum Gasteiger partial charge on any atom is -0.379 e. The van der Waals surface area contributed by atoms with E-state index < -0.39 is 0 Å². The van der Waals surface area contributed by atoms with Crippen LogP contribution in [0, 0.1) is 17.8 Å². The van der Waals surface area contributed by atoms with Crippen LogP contribution in [0.2, 0.25) is 0 Å². The summed E-state index contributed by atoms with van der Waals surface area (Å²) in [4.78, 5) is 11.4. The van der Waals surface area contributed by atoms with Gasteiger partial charge in [-0.2, -0.15) is 0 Å². The van der Waals surface area contributed by atoms with Gasteiger partial charge in [-0.3, -0.25) is 9.69 Å². The molecule has 0 aromatic carbocycles. The molecule has 0 aliphatic carbocycles. The summed E-state index contributed by atoms with van der Waals surface area (Å²) in [7, 11) is 1.56. The van der Waals surface area contributed by atoms with Gasteiger partial charge in [0.05, 0.1) is 19.8 Å². The lowest BCUT2D eigenvalue weighted by atomic mass is 10.2. The number of carbonyl (C=O) groups is 1. The summed E-state index contributed by atoms with van der Waals surface area (Å²) in [5.41, 5.74) is 0. The van der Waals surface area contributed by atoms with Crippen LogP contribution in [-0.4, -0.2) is 51.2 Å². The molecule has 0 spiro atoms. The van der Waals surface area contributed by atoms with E-state index in [9.17, 15) is 0 Å². The molecule has 1 fully saturated rings. The molecule has 1 amide bonds. The molecular weight excluding hydrogens is 240 g/mol. The fraction of sp³-hybridized carbons (Fsp3) is 0.800. The van der Waals surface area contributed by atoms with Gasteiger partial charge in [-0.1, -0.05) is 46.0 Å². The standard InChI is InChI=1S/C10H17NO.C3H8.C2H5NO/c1-10(2)4-3-5-11-6-8-12-9-7-11;1-3-2;1-3-2-4/h10H,5-9H2,1-2H3;3H2,1-2H3;2H,1H3,(H,3,4). The van der Waals surface area contributed by atoms with Crippen molar-refractivity contribution in [3.8, 4) is 11.8 Å². The molecule has 0 radical (unpaired) electrons. The van der Waals surface area contributed by atoms with Crippen LogP contribution in [0.25, 0.3) is 0 Å². The molecule has 4 heteroatoms. The number of hydrogen-bond donors (Lipinski definition) is 1. The highest BCUT2D eigenvalue weighted by Crippen LogP contribution is 1.95. The third-order valence-electron chi connectivity index (χ3n) is 1.91. The predicted molar refractivity (Wildman–Crippen MR) is 81.0 cm³/mol. The number of nitrogens with zero attached hydrogens (tertiary/aromatic N) is 1. The van der Waals surface area contributed by atoms with Gasteiger partial charge in [-0.15, -0.1) is 0 Å². The van der Waals surface area contributed by atoms with Crippen molar-refractivity contribution in [1.29, 1.82) is 0 Å². The first-order valence-corrected chi connectivity index (χ1v) is 7.01. The Morgan fingerprint density at radius 3 is 2.16 bits per heavy atom. The van der Waals surface area contributed by atoms with Gasteiger partial charge >= 0.3 is 0 Å². The zero-order valence-corrected chi connectivity index (χ0v) is 13.2. The van der Waals surface area contributed by atoms with Crippen molar-refractivity contribution in [3.05, 3.63) is 0 Å². The van der Waals surface area contributed by atoms with Crippen molar-refractivity contribution >= 4 is 6.41 Å². The van der Waals surface area contributed by atoms with Crippen molar-refractivity contribution in [1.82, 2.24) is 10.2 Å². The lowest BCUT2D eigenvalue weighted by Crippen LogP contribution is -2.36. The highest BCUT2D eigenvalue weighted by molar-refractivity contribution is 5.44. The predicted octanol–water partition coefficient (Wildman–Crippen LogP) is 1.76. The molecule has 0 unspecified atom stereocenters. The molecular formula is C15H30N2O2. The lowest BCUT2D eigenvalue weighted by molar-refractivity contribution is -0.109. The second kappa shape index (κ2) is 16.9. The summed E-state index contributed by atoms with van der Waals surface area (Å²) in [6.07, 6.45) is 1.88. The molecule has 0 aromatic heterocycles. The molecule has 4 nitrogen and oxygen atoms in total. The maximum atomic E-state index is 9.06. The van der Waals surface area contributed by atoms with Crippen LogP contribution < -0.4 is 5.32 Å². The van der Waals surface area contributed by atoms with Crippen LogP contribution in [0.1, 0.15) is 34.1 Å². The molecule has 1 saturated heterocycles. The van der Waals surface area contributed by atoms with Gasteiger partial charge in [0, 0.05) is 26.1 Å². The molecule has 0 bridgehead atoms. The average Bonchev–Trinajstić information content (AvgIpc) is 2.41. The highest BCUT2D eigenvalue weighted by atomic mass is 16.5. The van der Waals surface area contributed by atoms with Crippen molar-refractivity contribution in [3.63, 3.8) is 0 Å². The Morgan fingerprint density at radius 1 is 1.32 bits per heavy atom. The van der Waals surface area contributed by atoms with Crippen molar-refractivity contribution in [2.45, 2.75) is 34.1 Å². The Bertz CT molecular complexity index is 238. The fourth-order valence-electron chi connectivity index (χ4n) is 1.12. The van der Waals surface area contributed by atoms with E-state index in [1.165, 1.54) is 6.42 Å². The minimum absolute atomic E-state index is 0.492. The first kappa shape index (κ1) is 20.3. The second-order valence-electron chi connectivity index (χ2n) is 4.48. The quantitative estimate of drug-likeness (QED) is 0.614. The number of nitrogens with one attached hydrogen (secondary N) is 1. The Labute approximate surface area is 118 Å². The van der Waals surface area contributed by atoms with E-state index in [2.05, 4.69) is 49.8 Å². The maximum Gasteiger partial charge on any atom is 0.206 e. The molecule has 0 saturated carbocycles. The maximum absolute atomic E-state index is 9.06. The number of amides is 1. The van der Waals surface area contributed by atoms with E-state index >= 15 is 0 Å². The zero-order valence-electron chi connectivity index (χ0n) is 13.2. The molecule has 1 rings (SSSR count). The van der Waals surface area contributed by atoms with Gasteiger partial charge in [0.25, 0.3) is 0 Å². The van der Waals surface area contributed by atoms with Crippen LogP contribution in [0.4, 0.5) is 0 Å². The van der Waals surface area contributed by atoms with E-state index in [0.717, 1.165) is 32.8 Å². The van der Waals surface area contributed by atoms with Gasteiger partial charge in [0.1, 0.15) is 0 Å². The largest absolute Gasteiger partial charge is 0.379 e. The van der Waals surface area contributed by atoms with Crippen LogP contribution >= 0.6 is 0 Å². The monoisotopic (exact) mass is 270 g/mol. The van der Waals surface area contributed by atoms with Gasteiger partial charge < -0.3 is 10.1 Å². The van der Waals surface area contributed by atoms with E-state index in [1.807, 2.05) is 0 Å². The zero-order chi connectivity index (χ0) is 14.9. The van der Waals surface area contributed by atoms with E-state index in [4.69, 9.17) is 9.53 Å². The minimum atomic E-state index is 0.492. The number of ether oxygens (including phenoxy) is 1. The molecule has 112 valence electrons. The fourth-order valence-corrected chi connectivity index (χ4v) is 1.12. The molecule has 1 heterocycles. The highest BCUT2D eigenvalue weighted by Gasteiger charge is 2.07. The molecule has 1 aliphatic heterocycles. The van der Waals surface area contributed by atoms with Crippen LogP contribution in [0.15, 0.2) is 0 Å². The van der Waals surface area contributed by atoms with Crippen molar-refractivity contribution in [2.75, 3.05) is 39.9 Å². The summed E-state index contributed by atoms with van der Waals surface area (Å²) >= 11 is 0. The van der Waals surface area contributed by atoms with E-state index in [0.29, 0.717) is 12.3 Å². The van der Waals surface area contributed by atoms with Crippen LogP contribution in [0.5, 0.6) is 0 Å². The smallest absolute Gasteiger partial charge is 0.206 e. The first-order valence-electron chi connectivity index (χ1n) is 7.01. The lowest BCUT2D eigenvalue weighted by Gasteiger charge is -2.24. The summed E-state index contributed by atoms with van der Waals surface area (Å²) < 4.78 is 5.24. The average molecular weight is 270 g/mol. The van der Waals surface area contributed by atoms with Gasteiger partial charge in [0.2, 0.25) is 6.41 Å². The molecule has 19 heavy (non-hydrogen) atoms. The summed E-state index contributed by atoms with van der Waals surface area (Å²) in [6.45, 7) is 13.2. The Kier molecular flexibility index (Phi) is 18.1. The molecule has 0 aromatic rings. The molecule has 1 N–H and O–H groups in total. The Morgan fingerprint density at radius 2 is 1.79 bits per heavy atom. The number of carbonyl (C=O) groups excluding carboxylic acids is 1. The topological polar surface area (TPSA) is 41.6 Å². The summed E-state index contributed by atoms with van der Waals surface area (Å²) in [5.74, 6) is 6.83. The Hall–Kier alpha value is -1.05. The third-order valence-corrected chi connectivity index (χ3v) is 1.91. The number of morpholine rings is 1. The van der Waals surface area contributed by atoms with Crippen molar-refractivity contribution in [2.24, 2.45) is 5.92 Å². The first-order chi connectivity index (χ1) is 9.12. The summed E-state index contributed by atoms with van der Waals surface area (Å²) in [6, 6.07) is 0. The number of rotatable bonds is 2. The van der Waals surface area contributed by atoms with Crippen molar-refractivity contribution < 1.29 is 9.53 Å². The molecule has 0 atom stereocenters. The third kappa shape index (κ3) is 19.5. The second-order valence-corrected chi connectivity index (χ2v) is 4.48. The van der Waals surface area contributed by atoms with E-state index in [1.54, 1.807) is 7.05 Å². The summed E-state index contributed by atoms with van der Waals surface area (Å²) in [5, 5.41) is 2.25. The van der Waals surface area contributed by atoms with Crippen LogP contribution in [-0.2, 0) is 9.53 Å². The number of hydrogen-bond acceptors (Lipinski definition) is 3. The Balaban J connectivity index is 0. The van der Waals surface area contributed by atoms with Gasteiger partial charge in [-0.05, 0) is 0 Å². The normalized spacial score (nSPS) is 14.0. The van der Waals surface area contributed by atoms with Crippen LogP contribution in [0.3, 0.4) is 0 Å². The SMILES string of the molecule is CC(C)C#CCN1CCOCC1.CCC.CNC=O. The van der Waals surface area contributed by atoms with Gasteiger partial charge in [-0.25, -0.2) is 0 Å². The van der Waals surface area contributed by atoms with E-state index in [-0.39, 0.29) is 0 Å². The molecule has 1 aliphatic rings.